The summed E-state index contributed by atoms with van der Waals surface area (Å²) in [7, 11) is 1.45. The Bertz CT molecular complexity index is 320. The summed E-state index contributed by atoms with van der Waals surface area (Å²) in [6.45, 7) is 3.98. The molecule has 4 heteroatoms. The molecule has 82 valence electrons. The molecule has 0 saturated carbocycles. The van der Waals surface area contributed by atoms with Crippen molar-refractivity contribution in [2.45, 2.75) is 12.2 Å². The molecule has 1 unspecified atom stereocenters. The molecule has 0 aliphatic heterocycles. The normalized spacial score (nSPS) is 25.2. The highest BCUT2D eigenvalue weighted by atomic mass is 79.9. The van der Waals surface area contributed by atoms with Crippen molar-refractivity contribution < 1.29 is 14.3 Å². The zero-order valence-corrected chi connectivity index (χ0v) is 10.1. The van der Waals surface area contributed by atoms with Gasteiger partial charge in [-0.05, 0) is 24.6 Å². The molecule has 0 amide bonds. The lowest BCUT2D eigenvalue weighted by molar-refractivity contribution is -0.191. The summed E-state index contributed by atoms with van der Waals surface area (Å²) < 4.78 is 11.4. The minimum Gasteiger partial charge on any atom is -0.343 e. The van der Waals surface area contributed by atoms with Crippen LogP contribution in [0.4, 0.5) is 0 Å². The number of hydrogen-bond acceptors (Lipinski definition) is 3. The van der Waals surface area contributed by atoms with Crippen molar-refractivity contribution in [2.75, 3.05) is 13.7 Å². The summed E-state index contributed by atoms with van der Waals surface area (Å²) >= 11 is 3.28. The molecule has 0 aromatic carbocycles. The molecule has 3 nitrogen and oxygen atoms in total. The van der Waals surface area contributed by atoms with E-state index in [1.165, 1.54) is 13.2 Å². The van der Waals surface area contributed by atoms with E-state index in [9.17, 15) is 4.79 Å². The van der Waals surface area contributed by atoms with Gasteiger partial charge in [0.1, 0.15) is 0 Å². The molecule has 0 radical (unpaired) electrons. The van der Waals surface area contributed by atoms with Gasteiger partial charge in [0, 0.05) is 11.6 Å². The van der Waals surface area contributed by atoms with Crippen molar-refractivity contribution in [3.63, 3.8) is 0 Å². The number of carbonyl (C=O) groups is 1. The van der Waals surface area contributed by atoms with Crippen LogP contribution in [-0.2, 0) is 14.3 Å². The standard InChI is InChI=1S/C11H13BrO3/c1-3-4-7-15-11(14-2)8-9(12)5-6-10(11)13/h3,5-6,8H,1,4,7H2,2H3. The molecule has 0 fully saturated rings. The summed E-state index contributed by atoms with van der Waals surface area (Å²) in [5.74, 6) is -1.49. The highest BCUT2D eigenvalue weighted by Crippen LogP contribution is 2.26. The summed E-state index contributed by atoms with van der Waals surface area (Å²) in [6.07, 6.45) is 7.11. The van der Waals surface area contributed by atoms with Crippen LogP contribution in [0, 0.1) is 0 Å². The first-order chi connectivity index (χ1) is 7.14. The van der Waals surface area contributed by atoms with Crippen molar-refractivity contribution in [1.29, 1.82) is 0 Å². The fraction of sp³-hybridized carbons (Fsp3) is 0.364. The van der Waals surface area contributed by atoms with Crippen molar-refractivity contribution >= 4 is 21.7 Å². The van der Waals surface area contributed by atoms with Crippen LogP contribution < -0.4 is 0 Å². The molecule has 0 N–H and O–H groups in total. The molecule has 0 aromatic heterocycles. The molecule has 15 heavy (non-hydrogen) atoms. The third-order valence-electron chi connectivity index (χ3n) is 2.01. The molecule has 0 bridgehead atoms. The average molecular weight is 273 g/mol. The van der Waals surface area contributed by atoms with E-state index in [2.05, 4.69) is 22.5 Å². The second-order valence-electron chi connectivity index (χ2n) is 3.02. The number of rotatable bonds is 5. The summed E-state index contributed by atoms with van der Waals surface area (Å²) in [5, 5.41) is 0. The summed E-state index contributed by atoms with van der Waals surface area (Å²) in [5.41, 5.74) is 0. The monoisotopic (exact) mass is 272 g/mol. The highest BCUT2D eigenvalue weighted by molar-refractivity contribution is 9.11. The first kappa shape index (κ1) is 12.4. The number of carbonyl (C=O) groups excluding carboxylic acids is 1. The van der Waals surface area contributed by atoms with Crippen LogP contribution in [0.15, 0.2) is 35.4 Å². The Labute approximate surface area is 97.6 Å². The quantitative estimate of drug-likeness (QED) is 0.438. The molecule has 0 heterocycles. The van der Waals surface area contributed by atoms with Crippen LogP contribution in [0.25, 0.3) is 0 Å². The van der Waals surface area contributed by atoms with E-state index in [4.69, 9.17) is 9.47 Å². The fourth-order valence-corrected chi connectivity index (χ4v) is 1.63. The van der Waals surface area contributed by atoms with Gasteiger partial charge in [-0.2, -0.15) is 0 Å². The molecule has 1 atom stereocenters. The van der Waals surface area contributed by atoms with Gasteiger partial charge in [-0.3, -0.25) is 4.79 Å². The lowest BCUT2D eigenvalue weighted by atomic mass is 10.1. The van der Waals surface area contributed by atoms with Gasteiger partial charge < -0.3 is 9.47 Å². The van der Waals surface area contributed by atoms with Crippen molar-refractivity contribution in [3.05, 3.63) is 35.4 Å². The van der Waals surface area contributed by atoms with Crippen molar-refractivity contribution in [3.8, 4) is 0 Å². The molecule has 1 rings (SSSR count). The first-order valence-corrected chi connectivity index (χ1v) is 5.35. The Morgan fingerprint density at radius 1 is 1.60 bits per heavy atom. The number of ketones is 1. The van der Waals surface area contributed by atoms with Crippen LogP contribution in [0.3, 0.4) is 0 Å². The van der Waals surface area contributed by atoms with E-state index in [1.54, 1.807) is 18.2 Å². The van der Waals surface area contributed by atoms with E-state index in [1.807, 2.05) is 0 Å². The van der Waals surface area contributed by atoms with Crippen molar-refractivity contribution in [1.82, 2.24) is 0 Å². The Morgan fingerprint density at radius 3 is 2.93 bits per heavy atom. The molecule has 0 aromatic rings. The number of halogens is 1. The first-order valence-electron chi connectivity index (χ1n) is 4.55. The Morgan fingerprint density at radius 2 is 2.33 bits per heavy atom. The lowest BCUT2D eigenvalue weighted by Gasteiger charge is -2.28. The predicted octanol–water partition coefficient (Wildman–Crippen LogP) is 2.34. The predicted molar refractivity (Wildman–Crippen MR) is 61.7 cm³/mol. The second-order valence-corrected chi connectivity index (χ2v) is 3.94. The van der Waals surface area contributed by atoms with Gasteiger partial charge in [0.2, 0.25) is 5.78 Å². The van der Waals surface area contributed by atoms with Gasteiger partial charge in [-0.15, -0.1) is 6.58 Å². The fourth-order valence-electron chi connectivity index (χ4n) is 1.20. The summed E-state index contributed by atoms with van der Waals surface area (Å²) in [6, 6.07) is 0. The zero-order chi connectivity index (χ0) is 11.3. The van der Waals surface area contributed by atoms with Gasteiger partial charge >= 0.3 is 0 Å². The smallest absolute Gasteiger partial charge is 0.254 e. The minimum absolute atomic E-state index is 0.211. The Balaban J connectivity index is 2.78. The maximum atomic E-state index is 11.7. The topological polar surface area (TPSA) is 35.5 Å². The van der Waals surface area contributed by atoms with Crippen LogP contribution in [0.2, 0.25) is 0 Å². The van der Waals surface area contributed by atoms with E-state index in [0.29, 0.717) is 13.0 Å². The van der Waals surface area contributed by atoms with Crippen LogP contribution >= 0.6 is 15.9 Å². The molecule has 0 saturated heterocycles. The minimum atomic E-state index is -1.28. The maximum Gasteiger partial charge on any atom is 0.254 e. The van der Waals surface area contributed by atoms with Gasteiger partial charge in [-0.1, -0.05) is 22.0 Å². The molecular weight excluding hydrogens is 260 g/mol. The Hall–Kier alpha value is -0.710. The summed E-state index contributed by atoms with van der Waals surface area (Å²) in [4.78, 5) is 11.7. The second kappa shape index (κ2) is 5.39. The molecule has 1 aliphatic rings. The lowest BCUT2D eigenvalue weighted by Crippen LogP contribution is -2.42. The van der Waals surface area contributed by atoms with Crippen LogP contribution in [0.5, 0.6) is 0 Å². The molecular formula is C11H13BrO3. The SMILES string of the molecule is C=CCCOC1(OC)C=C(Br)C=CC1=O. The van der Waals surface area contributed by atoms with Gasteiger partial charge in [0.05, 0.1) is 6.61 Å². The number of methoxy groups -OCH3 is 1. The van der Waals surface area contributed by atoms with Gasteiger partial charge in [0.25, 0.3) is 5.79 Å². The maximum absolute atomic E-state index is 11.7. The van der Waals surface area contributed by atoms with Crippen LogP contribution in [-0.4, -0.2) is 25.3 Å². The molecule has 0 spiro atoms. The number of allylic oxidation sites excluding steroid dienone is 2. The number of ether oxygens (including phenoxy) is 2. The van der Waals surface area contributed by atoms with Gasteiger partial charge in [0.15, 0.2) is 0 Å². The largest absolute Gasteiger partial charge is 0.343 e. The van der Waals surface area contributed by atoms with Gasteiger partial charge in [-0.25, -0.2) is 0 Å². The third kappa shape index (κ3) is 2.87. The van der Waals surface area contributed by atoms with Crippen LogP contribution in [0.1, 0.15) is 6.42 Å². The van der Waals surface area contributed by atoms with E-state index in [-0.39, 0.29) is 5.78 Å². The van der Waals surface area contributed by atoms with Crippen molar-refractivity contribution in [2.24, 2.45) is 0 Å². The van der Waals surface area contributed by atoms with E-state index < -0.39 is 5.79 Å². The zero-order valence-electron chi connectivity index (χ0n) is 8.53. The van der Waals surface area contributed by atoms with E-state index in [0.717, 1.165) is 4.48 Å². The number of hydrogen-bond donors (Lipinski definition) is 0. The third-order valence-corrected chi connectivity index (χ3v) is 2.50. The molecule has 1 aliphatic carbocycles. The Kier molecular flexibility index (Phi) is 4.45. The van der Waals surface area contributed by atoms with E-state index >= 15 is 0 Å². The highest BCUT2D eigenvalue weighted by Gasteiger charge is 2.37. The average Bonchev–Trinajstić information content (AvgIpc) is 2.23.